The van der Waals surface area contributed by atoms with Crippen molar-refractivity contribution in [2.75, 3.05) is 0 Å². The van der Waals surface area contributed by atoms with E-state index < -0.39 is 0 Å². The fourth-order valence-electron chi connectivity index (χ4n) is 6.16. The summed E-state index contributed by atoms with van der Waals surface area (Å²) >= 11 is 0. The van der Waals surface area contributed by atoms with Crippen molar-refractivity contribution in [2.24, 2.45) is 15.0 Å². The van der Waals surface area contributed by atoms with Crippen molar-refractivity contribution in [2.45, 2.75) is 12.3 Å². The van der Waals surface area contributed by atoms with Gasteiger partial charge in [0, 0.05) is 76.3 Å². The van der Waals surface area contributed by atoms with Crippen LogP contribution in [0, 0.1) is 0 Å². The molecule has 0 fully saturated rings. The van der Waals surface area contributed by atoms with Crippen molar-refractivity contribution in [3.63, 3.8) is 0 Å². The average molecular weight is 619 g/mol. The Labute approximate surface area is 276 Å². The van der Waals surface area contributed by atoms with Crippen molar-refractivity contribution in [3.8, 4) is 11.3 Å². The number of rotatable bonds is 4. The van der Waals surface area contributed by atoms with Crippen molar-refractivity contribution in [1.82, 2.24) is 24.9 Å². The van der Waals surface area contributed by atoms with E-state index in [0.29, 0.717) is 34.2 Å². The molecule has 0 aliphatic carbocycles. The number of nitrogens with zero attached hydrogens (tertiary/aromatic N) is 8. The van der Waals surface area contributed by atoms with E-state index in [4.69, 9.17) is 29.9 Å². The molecule has 0 amide bonds. The van der Waals surface area contributed by atoms with E-state index in [0.717, 1.165) is 56.3 Å². The molecule has 2 aromatic carbocycles. The van der Waals surface area contributed by atoms with Gasteiger partial charge in [-0.25, -0.2) is 20.0 Å². The van der Waals surface area contributed by atoms with E-state index in [1.807, 2.05) is 85.5 Å². The summed E-state index contributed by atoms with van der Waals surface area (Å²) in [7, 11) is 0. The minimum Gasteiger partial charge on any atom is -0.269 e. The molecule has 0 N–H and O–H groups in total. The van der Waals surface area contributed by atoms with Gasteiger partial charge in [-0.1, -0.05) is 42.5 Å². The third-order valence-electron chi connectivity index (χ3n) is 8.64. The van der Waals surface area contributed by atoms with Crippen LogP contribution in [0.3, 0.4) is 0 Å². The smallest absolute Gasteiger partial charge is 0.116 e. The lowest BCUT2D eigenvalue weighted by Crippen LogP contribution is -2.14. The standard InChI is InChI=1S/C40H26N8/c1-3-7-33-27(5-1)21-35-39(45-33)37(29-9-11-31(43-23-29)25-13-17-41-18-14-25)48-36-22-28-6-2-4-8-34(28)46-40(36)38(47-35)30-10-12-32(44-24-30)26-15-19-42-20-16-26/h1-15,17-24,26H,16H2/b39-37?,40-38?,47-35?,47-38-,48-36?,48-37-. The lowest BCUT2D eigenvalue weighted by Gasteiger charge is -2.18. The number of pyridine rings is 5. The fraction of sp³-hybridized carbons (Fsp3) is 0.0500. The van der Waals surface area contributed by atoms with Crippen LogP contribution in [-0.4, -0.2) is 42.6 Å². The zero-order valence-electron chi connectivity index (χ0n) is 25.6. The number of fused-ring (bicyclic) bond motifs is 4. The van der Waals surface area contributed by atoms with Gasteiger partial charge in [-0.05, 0) is 67.1 Å². The Balaban J connectivity index is 1.27. The molecule has 7 aromatic rings. The Bertz CT molecular complexity index is 2460. The molecule has 0 saturated heterocycles. The molecule has 2 aliphatic heterocycles. The van der Waals surface area contributed by atoms with Gasteiger partial charge in [-0.3, -0.25) is 19.9 Å². The number of aromatic nitrogens is 5. The van der Waals surface area contributed by atoms with Gasteiger partial charge in [0.2, 0.25) is 0 Å². The zero-order chi connectivity index (χ0) is 31.9. The van der Waals surface area contributed by atoms with E-state index in [-0.39, 0.29) is 5.92 Å². The van der Waals surface area contributed by atoms with Gasteiger partial charge in [-0.15, -0.1) is 0 Å². The quantitative estimate of drug-likeness (QED) is 0.197. The number of hydrogen-bond donors (Lipinski definition) is 0. The zero-order valence-corrected chi connectivity index (χ0v) is 25.6. The maximum absolute atomic E-state index is 5.36. The Morgan fingerprint density at radius 2 is 1.21 bits per heavy atom. The Kier molecular flexibility index (Phi) is 6.75. The number of aliphatic imine (C=N–C) groups is 3. The second-order valence-electron chi connectivity index (χ2n) is 11.7. The minimum atomic E-state index is 0.187. The van der Waals surface area contributed by atoms with E-state index in [9.17, 15) is 0 Å². The number of benzene rings is 2. The molecule has 0 bridgehead atoms. The van der Waals surface area contributed by atoms with E-state index >= 15 is 0 Å². The molecule has 8 heteroatoms. The number of para-hydroxylation sites is 2. The first-order valence-electron chi connectivity index (χ1n) is 15.8. The molecule has 0 saturated carbocycles. The molecule has 5 aromatic heterocycles. The molecule has 2 aliphatic rings. The van der Waals surface area contributed by atoms with Crippen molar-refractivity contribution in [1.29, 1.82) is 0 Å². The van der Waals surface area contributed by atoms with Crippen LogP contribution in [0.1, 0.15) is 40.5 Å². The van der Waals surface area contributed by atoms with Crippen LogP contribution in [0.25, 0.3) is 33.1 Å². The van der Waals surface area contributed by atoms with Crippen LogP contribution in [0.4, 0.5) is 11.4 Å². The van der Waals surface area contributed by atoms with Crippen LogP contribution < -0.4 is 0 Å². The molecular formula is C40H26N8. The minimum absolute atomic E-state index is 0.187. The first kappa shape index (κ1) is 27.7. The van der Waals surface area contributed by atoms with Crippen molar-refractivity contribution in [3.05, 3.63) is 162 Å². The highest BCUT2D eigenvalue weighted by Gasteiger charge is 2.24. The maximum Gasteiger partial charge on any atom is 0.116 e. The van der Waals surface area contributed by atoms with Gasteiger partial charge in [0.1, 0.15) is 22.8 Å². The summed E-state index contributed by atoms with van der Waals surface area (Å²) in [5.74, 6) is 0.187. The SMILES string of the molecule is C1=CC(c2ccc(/C3=N/c4cc5ccccc5nc4/C(c4ccc(-c5ccncc5)nc4)=N\c4cc5ccccc5nc43)cn2)CC=N1. The maximum atomic E-state index is 5.36. The Hall–Kier alpha value is -6.54. The summed E-state index contributed by atoms with van der Waals surface area (Å²) in [6.45, 7) is 0. The highest BCUT2D eigenvalue weighted by Crippen LogP contribution is 2.35. The molecule has 226 valence electrons. The summed E-state index contributed by atoms with van der Waals surface area (Å²) < 4.78 is 0. The van der Waals surface area contributed by atoms with Crippen LogP contribution in [0.5, 0.6) is 0 Å². The van der Waals surface area contributed by atoms with Gasteiger partial charge < -0.3 is 0 Å². The molecular weight excluding hydrogens is 592 g/mol. The highest BCUT2D eigenvalue weighted by atomic mass is 14.9. The van der Waals surface area contributed by atoms with Gasteiger partial charge in [0.25, 0.3) is 0 Å². The first-order chi connectivity index (χ1) is 23.8. The Morgan fingerprint density at radius 3 is 1.77 bits per heavy atom. The van der Waals surface area contributed by atoms with Gasteiger partial charge in [0.05, 0.1) is 28.1 Å². The molecule has 7 heterocycles. The normalized spacial score (nSPS) is 17.5. The average Bonchev–Trinajstić information content (AvgIpc) is 3.16. The molecule has 8 nitrogen and oxygen atoms in total. The topological polar surface area (TPSA) is 102 Å². The fourth-order valence-corrected chi connectivity index (χ4v) is 6.16. The predicted molar refractivity (Wildman–Crippen MR) is 191 cm³/mol. The third kappa shape index (κ3) is 5.05. The summed E-state index contributed by atoms with van der Waals surface area (Å²) in [6.07, 6.45) is 13.9. The molecule has 48 heavy (non-hydrogen) atoms. The molecule has 0 radical (unpaired) electrons. The van der Waals surface area contributed by atoms with Crippen LogP contribution in [0.2, 0.25) is 0 Å². The van der Waals surface area contributed by atoms with Gasteiger partial charge in [0.15, 0.2) is 0 Å². The Morgan fingerprint density at radius 1 is 0.583 bits per heavy atom. The largest absolute Gasteiger partial charge is 0.269 e. The second kappa shape index (κ2) is 11.7. The van der Waals surface area contributed by atoms with E-state index in [2.05, 4.69) is 52.5 Å². The van der Waals surface area contributed by atoms with Crippen molar-refractivity contribution >= 4 is 50.8 Å². The van der Waals surface area contributed by atoms with Crippen LogP contribution in [-0.2, 0) is 0 Å². The summed E-state index contributed by atoms with van der Waals surface area (Å²) in [6, 6.07) is 32.4. The first-order valence-corrected chi connectivity index (χ1v) is 15.8. The lowest BCUT2D eigenvalue weighted by molar-refractivity contribution is 0.843. The van der Waals surface area contributed by atoms with Crippen LogP contribution in [0.15, 0.2) is 149 Å². The van der Waals surface area contributed by atoms with Crippen molar-refractivity contribution < 1.29 is 0 Å². The van der Waals surface area contributed by atoms with Crippen LogP contribution >= 0.6 is 0 Å². The van der Waals surface area contributed by atoms with E-state index in [1.165, 1.54) is 0 Å². The molecule has 1 atom stereocenters. The number of allylic oxidation sites excluding steroid dienone is 1. The summed E-state index contributed by atoms with van der Waals surface area (Å²) in [4.78, 5) is 39.1. The lowest BCUT2D eigenvalue weighted by atomic mass is 9.97. The van der Waals surface area contributed by atoms with Gasteiger partial charge in [-0.2, -0.15) is 0 Å². The summed E-state index contributed by atoms with van der Waals surface area (Å²) in [5, 5.41) is 1.97. The monoisotopic (exact) mass is 618 g/mol. The predicted octanol–water partition coefficient (Wildman–Crippen LogP) is 8.36. The van der Waals surface area contributed by atoms with E-state index in [1.54, 1.807) is 12.4 Å². The summed E-state index contributed by atoms with van der Waals surface area (Å²) in [5.41, 5.74) is 10.3. The van der Waals surface area contributed by atoms with Gasteiger partial charge >= 0.3 is 0 Å². The number of hydrogen-bond acceptors (Lipinski definition) is 8. The highest BCUT2D eigenvalue weighted by molar-refractivity contribution is 6.22. The third-order valence-corrected chi connectivity index (χ3v) is 8.64. The second-order valence-corrected chi connectivity index (χ2v) is 11.7. The molecule has 0 spiro atoms. The molecule has 9 rings (SSSR count). The molecule has 1 unspecified atom stereocenters.